The van der Waals surface area contributed by atoms with Crippen LogP contribution in [0.2, 0.25) is 0 Å². The Morgan fingerprint density at radius 2 is 1.20 bits per heavy atom. The van der Waals surface area contributed by atoms with Crippen LogP contribution >= 0.6 is 11.8 Å². The molecule has 0 aromatic heterocycles. The van der Waals surface area contributed by atoms with E-state index < -0.39 is 12.6 Å². The van der Waals surface area contributed by atoms with Gasteiger partial charge in [-0.05, 0) is 0 Å². The zero-order valence-corrected chi connectivity index (χ0v) is 6.29. The molecule has 0 bridgehead atoms. The molecule has 7 N–H and O–H groups in total. The first-order valence-electron chi connectivity index (χ1n) is 2.43. The normalized spacial score (nSPS) is 10.2. The Labute approximate surface area is 63.3 Å². The van der Waals surface area contributed by atoms with Gasteiger partial charge in [0.05, 0.1) is 0 Å². The molecule has 0 fully saturated rings. The van der Waals surface area contributed by atoms with Gasteiger partial charge < -0.3 is 26.6 Å². The van der Waals surface area contributed by atoms with Crippen LogP contribution in [0.3, 0.4) is 0 Å². The fourth-order valence-electron chi connectivity index (χ4n) is 0.279. The summed E-state index contributed by atoms with van der Waals surface area (Å²) in [6.45, 7) is 0. The average Bonchev–Trinajstić information content (AvgIpc) is 1.63. The predicted octanol–water partition coefficient (Wildman–Crippen LogP) is -1.50. The molecular formula is C4H13NO4S. The Bertz CT molecular complexity index is 62.3. The molecule has 10 heavy (non-hydrogen) atoms. The van der Waals surface area contributed by atoms with Crippen molar-refractivity contribution in [1.29, 1.82) is 0 Å². The highest BCUT2D eigenvalue weighted by Crippen LogP contribution is 2.01. The Hall–Kier alpha value is 0.150. The number of aliphatic hydroxyl groups is 4. The summed E-state index contributed by atoms with van der Waals surface area (Å²) in [5, 5.41) is 32.9. The maximum atomic E-state index is 8.24. The third-order valence-corrected chi connectivity index (χ3v) is 1.60. The molecule has 64 valence electrons. The monoisotopic (exact) mass is 171 g/mol. The van der Waals surface area contributed by atoms with Gasteiger partial charge in [-0.15, -0.1) is 0 Å². The summed E-state index contributed by atoms with van der Waals surface area (Å²) in [5.74, 6) is 0.218. The van der Waals surface area contributed by atoms with E-state index in [9.17, 15) is 0 Å². The zero-order valence-electron chi connectivity index (χ0n) is 5.47. The maximum absolute atomic E-state index is 8.24. The third kappa shape index (κ3) is 11.0. The van der Waals surface area contributed by atoms with Gasteiger partial charge in [0.2, 0.25) is 0 Å². The molecule has 0 atom stereocenters. The van der Waals surface area contributed by atoms with Crippen LogP contribution in [0.5, 0.6) is 0 Å². The molecule has 0 aliphatic rings. The molecule has 0 aliphatic carbocycles. The van der Waals surface area contributed by atoms with Crippen molar-refractivity contribution in [2.75, 3.05) is 11.5 Å². The molecule has 6 heteroatoms. The van der Waals surface area contributed by atoms with Crippen LogP contribution in [0.25, 0.3) is 0 Å². The fraction of sp³-hybridized carbons (Fsp3) is 1.00. The van der Waals surface area contributed by atoms with Crippen molar-refractivity contribution < 1.29 is 20.4 Å². The lowest BCUT2D eigenvalue weighted by molar-refractivity contribution is -0.0226. The van der Waals surface area contributed by atoms with Gasteiger partial charge in [0, 0.05) is 11.5 Å². The maximum Gasteiger partial charge on any atom is 0.160 e. The third-order valence-electron chi connectivity index (χ3n) is 0.534. The first kappa shape index (κ1) is 12.8. The van der Waals surface area contributed by atoms with Crippen LogP contribution in [0.15, 0.2) is 0 Å². The lowest BCUT2D eigenvalue weighted by Crippen LogP contribution is -2.12. The Morgan fingerprint density at radius 3 is 1.40 bits per heavy atom. The molecule has 0 radical (unpaired) electrons. The second-order valence-corrected chi connectivity index (χ2v) is 2.57. The summed E-state index contributed by atoms with van der Waals surface area (Å²) in [6.07, 6.45) is -2.73. The number of aliphatic hydroxyl groups excluding tert-OH is 2. The van der Waals surface area contributed by atoms with Gasteiger partial charge in [0.25, 0.3) is 0 Å². The molecule has 0 aliphatic heterocycles. The summed E-state index contributed by atoms with van der Waals surface area (Å²) in [7, 11) is 0. The van der Waals surface area contributed by atoms with E-state index in [-0.39, 0.29) is 17.7 Å². The Morgan fingerprint density at radius 1 is 0.900 bits per heavy atom. The van der Waals surface area contributed by atoms with Crippen LogP contribution < -0.4 is 6.15 Å². The summed E-state index contributed by atoms with van der Waals surface area (Å²) >= 11 is 1.07. The summed E-state index contributed by atoms with van der Waals surface area (Å²) in [6, 6.07) is 0. The molecule has 5 nitrogen and oxygen atoms in total. The minimum absolute atomic E-state index is 0. The van der Waals surface area contributed by atoms with Crippen LogP contribution in [0, 0.1) is 0 Å². The standard InChI is InChI=1S/C4H10O4S.H3N/c5-3(6)1-9-2-4(7)8;/h3-8H,1-2H2;1H3. The Balaban J connectivity index is 0. The molecule has 0 spiro atoms. The number of hydrogen-bond acceptors (Lipinski definition) is 6. The molecule has 0 aromatic rings. The van der Waals surface area contributed by atoms with E-state index in [0.717, 1.165) is 11.8 Å². The highest BCUT2D eigenvalue weighted by Gasteiger charge is 2.00. The minimum atomic E-state index is -1.37. The number of hydrogen-bond donors (Lipinski definition) is 5. The molecule has 0 aromatic carbocycles. The molecule has 0 amide bonds. The van der Waals surface area contributed by atoms with Crippen LogP contribution in [0.1, 0.15) is 0 Å². The van der Waals surface area contributed by atoms with E-state index in [1.54, 1.807) is 0 Å². The van der Waals surface area contributed by atoms with Crippen molar-refractivity contribution in [2.24, 2.45) is 0 Å². The van der Waals surface area contributed by atoms with Crippen molar-refractivity contribution >= 4 is 11.8 Å². The van der Waals surface area contributed by atoms with E-state index in [1.165, 1.54) is 0 Å². The second-order valence-electron chi connectivity index (χ2n) is 1.50. The summed E-state index contributed by atoms with van der Waals surface area (Å²) in [5.41, 5.74) is 0. The van der Waals surface area contributed by atoms with Gasteiger partial charge >= 0.3 is 0 Å². The summed E-state index contributed by atoms with van der Waals surface area (Å²) < 4.78 is 0. The smallest absolute Gasteiger partial charge is 0.160 e. The van der Waals surface area contributed by atoms with Crippen molar-refractivity contribution in [3.05, 3.63) is 0 Å². The van der Waals surface area contributed by atoms with E-state index in [0.29, 0.717) is 0 Å². The topological polar surface area (TPSA) is 116 Å². The van der Waals surface area contributed by atoms with Crippen molar-refractivity contribution in [1.82, 2.24) is 6.15 Å². The lowest BCUT2D eigenvalue weighted by Gasteiger charge is -2.03. The van der Waals surface area contributed by atoms with Crippen molar-refractivity contribution in [2.45, 2.75) is 12.6 Å². The van der Waals surface area contributed by atoms with Gasteiger partial charge in [-0.25, -0.2) is 0 Å². The lowest BCUT2D eigenvalue weighted by atomic mass is 10.8. The molecule has 0 heterocycles. The highest BCUT2D eigenvalue weighted by atomic mass is 32.2. The van der Waals surface area contributed by atoms with E-state index in [2.05, 4.69) is 0 Å². The predicted molar refractivity (Wildman–Crippen MR) is 38.8 cm³/mol. The summed E-state index contributed by atoms with van der Waals surface area (Å²) in [4.78, 5) is 0. The minimum Gasteiger partial charge on any atom is -0.367 e. The van der Waals surface area contributed by atoms with Gasteiger partial charge in [-0.2, -0.15) is 11.8 Å². The van der Waals surface area contributed by atoms with Gasteiger partial charge in [-0.3, -0.25) is 0 Å². The number of thioether (sulfide) groups is 1. The average molecular weight is 171 g/mol. The van der Waals surface area contributed by atoms with Gasteiger partial charge in [0.15, 0.2) is 12.6 Å². The van der Waals surface area contributed by atoms with E-state index >= 15 is 0 Å². The highest BCUT2D eigenvalue weighted by molar-refractivity contribution is 7.99. The van der Waals surface area contributed by atoms with Crippen LogP contribution in [-0.4, -0.2) is 44.5 Å². The molecule has 0 saturated carbocycles. The van der Waals surface area contributed by atoms with Crippen molar-refractivity contribution in [3.63, 3.8) is 0 Å². The van der Waals surface area contributed by atoms with E-state index in [1.807, 2.05) is 0 Å². The fourth-order valence-corrected chi connectivity index (χ4v) is 0.837. The molecule has 0 saturated heterocycles. The molecule has 0 rings (SSSR count). The second kappa shape index (κ2) is 7.26. The van der Waals surface area contributed by atoms with Gasteiger partial charge in [-0.1, -0.05) is 0 Å². The van der Waals surface area contributed by atoms with Crippen LogP contribution in [0.4, 0.5) is 0 Å². The van der Waals surface area contributed by atoms with Gasteiger partial charge in [0.1, 0.15) is 0 Å². The quantitative estimate of drug-likeness (QED) is 0.329. The molecular weight excluding hydrogens is 158 g/mol. The Kier molecular flexibility index (Phi) is 9.29. The first-order valence-corrected chi connectivity index (χ1v) is 3.58. The first-order chi connectivity index (χ1) is 4.13. The number of rotatable bonds is 4. The van der Waals surface area contributed by atoms with Crippen LogP contribution in [-0.2, 0) is 0 Å². The van der Waals surface area contributed by atoms with E-state index in [4.69, 9.17) is 20.4 Å². The largest absolute Gasteiger partial charge is 0.367 e. The van der Waals surface area contributed by atoms with Crippen molar-refractivity contribution in [3.8, 4) is 0 Å². The zero-order chi connectivity index (χ0) is 7.28. The molecule has 0 unspecified atom stereocenters. The SMILES string of the molecule is N.OC(O)CSCC(O)O.